The largest absolute Gasteiger partial charge is 0.525 e. The van der Waals surface area contributed by atoms with Crippen molar-refractivity contribution < 1.29 is 18.2 Å². The third kappa shape index (κ3) is 3.77. The Hall–Kier alpha value is -1.51. The van der Waals surface area contributed by atoms with Crippen LogP contribution in [0.15, 0.2) is 44.6 Å². The summed E-state index contributed by atoms with van der Waals surface area (Å²) in [6.45, 7) is 9.22. The SMILES string of the molecule is CC(Cc1nc(-c2ccc(Br)cc2)no1)=C(F)B1OC(C)(C)C(C)(C)O1. The zero-order valence-electron chi connectivity index (χ0n) is 15.5. The van der Waals surface area contributed by atoms with Gasteiger partial charge in [-0.3, -0.25) is 0 Å². The first-order valence-corrected chi connectivity index (χ1v) is 9.18. The maximum atomic E-state index is 14.8. The zero-order chi connectivity index (χ0) is 19.1. The van der Waals surface area contributed by atoms with E-state index >= 15 is 0 Å². The molecule has 0 radical (unpaired) electrons. The number of halogens is 2. The van der Waals surface area contributed by atoms with Gasteiger partial charge in [0.2, 0.25) is 11.7 Å². The molecule has 0 N–H and O–H groups in total. The van der Waals surface area contributed by atoms with Gasteiger partial charge in [-0.25, -0.2) is 4.39 Å². The lowest BCUT2D eigenvalue weighted by atomic mass is 9.84. The van der Waals surface area contributed by atoms with Gasteiger partial charge in [0, 0.05) is 16.5 Å². The van der Waals surface area contributed by atoms with Crippen molar-refractivity contribution >= 4 is 23.0 Å². The first-order chi connectivity index (χ1) is 12.1. The molecule has 5 nitrogen and oxygen atoms in total. The number of hydrogen-bond donors (Lipinski definition) is 0. The van der Waals surface area contributed by atoms with Crippen LogP contribution < -0.4 is 0 Å². The molecule has 1 aliphatic heterocycles. The van der Waals surface area contributed by atoms with E-state index in [-0.39, 0.29) is 6.42 Å². The summed E-state index contributed by atoms with van der Waals surface area (Å²) >= 11 is 3.38. The van der Waals surface area contributed by atoms with E-state index in [1.807, 2.05) is 52.0 Å². The molecule has 0 spiro atoms. The molecule has 0 atom stereocenters. The fourth-order valence-corrected chi connectivity index (χ4v) is 2.77. The van der Waals surface area contributed by atoms with E-state index in [1.165, 1.54) is 0 Å². The van der Waals surface area contributed by atoms with E-state index in [9.17, 15) is 4.39 Å². The summed E-state index contributed by atoms with van der Waals surface area (Å²) in [7, 11) is -1.02. The number of nitrogens with zero attached hydrogens (tertiary/aromatic N) is 2. The van der Waals surface area contributed by atoms with Crippen molar-refractivity contribution in [3.05, 3.63) is 45.9 Å². The van der Waals surface area contributed by atoms with Crippen LogP contribution in [0, 0.1) is 0 Å². The molecule has 0 amide bonds. The lowest BCUT2D eigenvalue weighted by Gasteiger charge is -2.32. The Balaban J connectivity index is 1.74. The van der Waals surface area contributed by atoms with Crippen LogP contribution in [0.3, 0.4) is 0 Å². The molecule has 1 aromatic heterocycles. The monoisotopic (exact) mass is 422 g/mol. The molecular formula is C18H21BBrFN2O3. The highest BCUT2D eigenvalue weighted by molar-refractivity contribution is 9.10. The van der Waals surface area contributed by atoms with Crippen molar-refractivity contribution in [2.75, 3.05) is 0 Å². The molecule has 3 rings (SSSR count). The second-order valence-electron chi connectivity index (χ2n) is 7.41. The number of hydrogen-bond acceptors (Lipinski definition) is 5. The Morgan fingerprint density at radius 3 is 2.27 bits per heavy atom. The minimum Gasteiger partial charge on any atom is -0.398 e. The molecule has 2 aromatic rings. The molecule has 1 aliphatic rings. The van der Waals surface area contributed by atoms with Gasteiger partial charge in [-0.05, 0) is 64.5 Å². The smallest absolute Gasteiger partial charge is 0.398 e. The predicted octanol–water partition coefficient (Wildman–Crippen LogP) is 4.92. The fraction of sp³-hybridized carbons (Fsp3) is 0.444. The molecule has 0 aliphatic carbocycles. The van der Waals surface area contributed by atoms with Gasteiger partial charge in [-0.2, -0.15) is 4.98 Å². The van der Waals surface area contributed by atoms with E-state index < -0.39 is 24.0 Å². The summed E-state index contributed by atoms with van der Waals surface area (Å²) in [6, 6.07) is 7.56. The third-order valence-corrected chi connectivity index (χ3v) is 5.38. The summed E-state index contributed by atoms with van der Waals surface area (Å²) in [6.07, 6.45) is 0.194. The number of rotatable bonds is 4. The van der Waals surface area contributed by atoms with Gasteiger partial charge in [-0.1, -0.05) is 21.1 Å². The van der Waals surface area contributed by atoms with Crippen molar-refractivity contribution in [1.82, 2.24) is 10.1 Å². The number of benzene rings is 1. The maximum absolute atomic E-state index is 14.8. The average Bonchev–Trinajstić information content (AvgIpc) is 3.09. The summed E-state index contributed by atoms with van der Waals surface area (Å²) in [4.78, 5) is 4.34. The molecule has 138 valence electrons. The summed E-state index contributed by atoms with van der Waals surface area (Å²) in [5.41, 5.74) is -0.360. The van der Waals surface area contributed by atoms with Gasteiger partial charge in [0.25, 0.3) is 0 Å². The molecular weight excluding hydrogens is 402 g/mol. The minimum atomic E-state index is -1.02. The maximum Gasteiger partial charge on any atom is 0.525 e. The van der Waals surface area contributed by atoms with Crippen LogP contribution in [0.2, 0.25) is 0 Å². The Kier molecular flexibility index (Phi) is 5.12. The first-order valence-electron chi connectivity index (χ1n) is 8.38. The molecule has 1 fully saturated rings. The molecule has 1 aromatic carbocycles. The number of aromatic nitrogens is 2. The lowest BCUT2D eigenvalue weighted by Crippen LogP contribution is -2.41. The van der Waals surface area contributed by atoms with E-state index in [1.54, 1.807) is 6.92 Å². The van der Waals surface area contributed by atoms with Gasteiger partial charge >= 0.3 is 7.12 Å². The van der Waals surface area contributed by atoms with Gasteiger partial charge < -0.3 is 13.8 Å². The van der Waals surface area contributed by atoms with E-state index in [2.05, 4.69) is 26.1 Å². The Labute approximate surface area is 161 Å². The molecule has 26 heavy (non-hydrogen) atoms. The summed E-state index contributed by atoms with van der Waals surface area (Å²) in [5, 5.41) is 3.96. The molecule has 0 bridgehead atoms. The van der Waals surface area contributed by atoms with Crippen molar-refractivity contribution in [3.8, 4) is 11.4 Å². The topological polar surface area (TPSA) is 57.4 Å². The van der Waals surface area contributed by atoms with Gasteiger partial charge in [0.05, 0.1) is 11.2 Å². The normalized spacial score (nSPS) is 19.6. The van der Waals surface area contributed by atoms with Crippen molar-refractivity contribution in [1.29, 1.82) is 0 Å². The highest BCUT2D eigenvalue weighted by Gasteiger charge is 2.53. The minimum absolute atomic E-state index is 0.194. The molecule has 1 saturated heterocycles. The Morgan fingerprint density at radius 1 is 1.12 bits per heavy atom. The van der Waals surface area contributed by atoms with Gasteiger partial charge in [0.15, 0.2) is 0 Å². The van der Waals surface area contributed by atoms with Crippen molar-refractivity contribution in [2.45, 2.75) is 52.2 Å². The third-order valence-electron chi connectivity index (χ3n) is 4.85. The van der Waals surface area contributed by atoms with Crippen LogP contribution >= 0.6 is 15.9 Å². The van der Waals surface area contributed by atoms with Crippen LogP contribution in [-0.2, 0) is 15.7 Å². The van der Waals surface area contributed by atoms with E-state index in [0.717, 1.165) is 10.0 Å². The zero-order valence-corrected chi connectivity index (χ0v) is 17.1. The standard InChI is InChI=1S/C18H21BBrFN2O3/c1-11(15(21)19-25-17(2,3)18(4,5)26-19)10-14-22-16(23-24-14)12-6-8-13(20)9-7-12/h6-9H,10H2,1-5H3. The average molecular weight is 423 g/mol. The van der Waals surface area contributed by atoms with Crippen molar-refractivity contribution in [3.63, 3.8) is 0 Å². The lowest BCUT2D eigenvalue weighted by molar-refractivity contribution is 0.00578. The second-order valence-corrected chi connectivity index (χ2v) is 8.33. The second kappa shape index (κ2) is 6.90. The summed E-state index contributed by atoms with van der Waals surface area (Å²) < 4.78 is 32.5. The Bertz CT molecular complexity index is 817. The van der Waals surface area contributed by atoms with Gasteiger partial charge in [0.1, 0.15) is 5.73 Å². The molecule has 2 heterocycles. The van der Waals surface area contributed by atoms with E-state index in [0.29, 0.717) is 17.3 Å². The Morgan fingerprint density at radius 2 is 1.69 bits per heavy atom. The quantitative estimate of drug-likeness (QED) is 0.654. The molecule has 0 unspecified atom stereocenters. The van der Waals surface area contributed by atoms with Crippen LogP contribution in [-0.4, -0.2) is 28.5 Å². The van der Waals surface area contributed by atoms with Crippen LogP contribution in [0.1, 0.15) is 40.5 Å². The first kappa shape index (κ1) is 19.3. The van der Waals surface area contributed by atoms with Crippen molar-refractivity contribution in [2.24, 2.45) is 0 Å². The molecule has 8 heteroatoms. The fourth-order valence-electron chi connectivity index (χ4n) is 2.50. The van der Waals surface area contributed by atoms with Crippen LogP contribution in [0.5, 0.6) is 0 Å². The predicted molar refractivity (Wildman–Crippen MR) is 101 cm³/mol. The van der Waals surface area contributed by atoms with Crippen LogP contribution in [0.4, 0.5) is 4.39 Å². The van der Waals surface area contributed by atoms with Crippen LogP contribution in [0.25, 0.3) is 11.4 Å². The molecule has 0 saturated carbocycles. The highest BCUT2D eigenvalue weighted by atomic mass is 79.9. The highest BCUT2D eigenvalue weighted by Crippen LogP contribution is 2.39. The van der Waals surface area contributed by atoms with E-state index in [4.69, 9.17) is 13.8 Å². The van der Waals surface area contributed by atoms with Gasteiger partial charge in [-0.15, -0.1) is 0 Å². The summed E-state index contributed by atoms with van der Waals surface area (Å²) in [5.74, 6) is 0.809. The number of allylic oxidation sites excluding steroid dienone is 1.